The standard InChI is InChI=1S/C13H19NO2/c15-12(10-4-2-1-3-5-10)8-14-9-13(16)11-6-7-11/h1-5,11-16H,6-9H2. The van der Waals surface area contributed by atoms with Crippen LogP contribution in [0.5, 0.6) is 0 Å². The SMILES string of the molecule is OC(CNCC(O)C1CC1)c1ccccc1. The molecule has 0 radical (unpaired) electrons. The van der Waals surface area contributed by atoms with Crippen molar-refractivity contribution in [1.29, 1.82) is 0 Å². The monoisotopic (exact) mass is 221 g/mol. The van der Waals surface area contributed by atoms with Gasteiger partial charge in [-0.2, -0.15) is 0 Å². The summed E-state index contributed by atoms with van der Waals surface area (Å²) in [6.07, 6.45) is 1.55. The first-order valence-electron chi connectivity index (χ1n) is 5.89. The summed E-state index contributed by atoms with van der Waals surface area (Å²) >= 11 is 0. The molecule has 1 aliphatic rings. The average molecular weight is 221 g/mol. The maximum atomic E-state index is 9.84. The molecule has 0 heterocycles. The van der Waals surface area contributed by atoms with Crippen molar-refractivity contribution in [1.82, 2.24) is 5.32 Å². The number of nitrogens with one attached hydrogen (secondary N) is 1. The van der Waals surface area contributed by atoms with Crippen molar-refractivity contribution in [2.75, 3.05) is 13.1 Å². The third-order valence-electron chi connectivity index (χ3n) is 3.04. The van der Waals surface area contributed by atoms with Gasteiger partial charge >= 0.3 is 0 Å². The second kappa shape index (κ2) is 5.43. The van der Waals surface area contributed by atoms with Crippen LogP contribution in [0.15, 0.2) is 30.3 Å². The second-order valence-electron chi connectivity index (χ2n) is 4.49. The highest BCUT2D eigenvalue weighted by atomic mass is 16.3. The van der Waals surface area contributed by atoms with Gasteiger partial charge in [0.25, 0.3) is 0 Å². The number of aliphatic hydroxyl groups is 2. The van der Waals surface area contributed by atoms with E-state index in [1.807, 2.05) is 30.3 Å². The van der Waals surface area contributed by atoms with Crippen LogP contribution in [0.25, 0.3) is 0 Å². The van der Waals surface area contributed by atoms with Gasteiger partial charge < -0.3 is 15.5 Å². The van der Waals surface area contributed by atoms with Gasteiger partial charge in [0.05, 0.1) is 12.2 Å². The van der Waals surface area contributed by atoms with E-state index >= 15 is 0 Å². The van der Waals surface area contributed by atoms with Gasteiger partial charge in [-0.05, 0) is 24.3 Å². The van der Waals surface area contributed by atoms with Crippen LogP contribution in [0, 0.1) is 5.92 Å². The second-order valence-corrected chi connectivity index (χ2v) is 4.49. The number of rotatable bonds is 6. The topological polar surface area (TPSA) is 52.5 Å². The fraction of sp³-hybridized carbons (Fsp3) is 0.538. The predicted molar refractivity (Wildman–Crippen MR) is 63.0 cm³/mol. The normalized spacial score (nSPS) is 19.4. The quantitative estimate of drug-likeness (QED) is 0.674. The lowest BCUT2D eigenvalue weighted by atomic mass is 10.1. The maximum Gasteiger partial charge on any atom is 0.0914 e. The minimum absolute atomic E-state index is 0.247. The van der Waals surface area contributed by atoms with Crippen molar-refractivity contribution >= 4 is 0 Å². The van der Waals surface area contributed by atoms with Crippen LogP contribution in [-0.4, -0.2) is 29.4 Å². The summed E-state index contributed by atoms with van der Waals surface area (Å²) in [5.41, 5.74) is 0.913. The molecule has 0 saturated heterocycles. The number of aliphatic hydroxyl groups excluding tert-OH is 2. The first kappa shape index (κ1) is 11.6. The van der Waals surface area contributed by atoms with Gasteiger partial charge in [-0.3, -0.25) is 0 Å². The van der Waals surface area contributed by atoms with Gasteiger partial charge in [0.15, 0.2) is 0 Å². The van der Waals surface area contributed by atoms with Crippen LogP contribution < -0.4 is 5.32 Å². The van der Waals surface area contributed by atoms with Crippen molar-refractivity contribution in [3.63, 3.8) is 0 Å². The number of benzene rings is 1. The lowest BCUT2D eigenvalue weighted by Gasteiger charge is -2.14. The highest BCUT2D eigenvalue weighted by Crippen LogP contribution is 2.32. The summed E-state index contributed by atoms with van der Waals surface area (Å²) in [7, 11) is 0. The Bertz CT molecular complexity index is 311. The van der Waals surface area contributed by atoms with Gasteiger partial charge in [0.1, 0.15) is 0 Å². The van der Waals surface area contributed by atoms with Crippen molar-refractivity contribution in [3.05, 3.63) is 35.9 Å². The minimum atomic E-state index is -0.493. The van der Waals surface area contributed by atoms with Crippen LogP contribution in [0.1, 0.15) is 24.5 Å². The molecule has 3 heteroatoms. The van der Waals surface area contributed by atoms with Crippen LogP contribution in [0.3, 0.4) is 0 Å². The van der Waals surface area contributed by atoms with E-state index in [4.69, 9.17) is 0 Å². The minimum Gasteiger partial charge on any atom is -0.392 e. The maximum absolute atomic E-state index is 9.84. The van der Waals surface area contributed by atoms with Crippen molar-refractivity contribution in [2.24, 2.45) is 5.92 Å². The molecule has 1 aromatic carbocycles. The number of hydrogen-bond acceptors (Lipinski definition) is 3. The van der Waals surface area contributed by atoms with E-state index in [0.717, 1.165) is 18.4 Å². The zero-order valence-corrected chi connectivity index (χ0v) is 9.34. The van der Waals surface area contributed by atoms with Crippen LogP contribution in [0.4, 0.5) is 0 Å². The molecular weight excluding hydrogens is 202 g/mol. The van der Waals surface area contributed by atoms with E-state index in [2.05, 4.69) is 5.32 Å². The molecule has 0 spiro atoms. The van der Waals surface area contributed by atoms with E-state index in [1.165, 1.54) is 0 Å². The Labute approximate surface area is 96.1 Å². The number of hydrogen-bond donors (Lipinski definition) is 3. The van der Waals surface area contributed by atoms with E-state index in [9.17, 15) is 10.2 Å². The molecule has 1 aromatic rings. The van der Waals surface area contributed by atoms with Crippen molar-refractivity contribution in [2.45, 2.75) is 25.0 Å². The Kier molecular flexibility index (Phi) is 3.93. The Morgan fingerprint density at radius 3 is 2.44 bits per heavy atom. The van der Waals surface area contributed by atoms with E-state index in [-0.39, 0.29) is 6.10 Å². The molecule has 1 fully saturated rings. The molecule has 16 heavy (non-hydrogen) atoms. The molecule has 1 saturated carbocycles. The Hall–Kier alpha value is -0.900. The van der Waals surface area contributed by atoms with E-state index in [1.54, 1.807) is 0 Å². The lowest BCUT2D eigenvalue weighted by molar-refractivity contribution is 0.132. The summed E-state index contributed by atoms with van der Waals surface area (Å²) in [6.45, 7) is 1.07. The van der Waals surface area contributed by atoms with Crippen LogP contribution in [-0.2, 0) is 0 Å². The first-order chi connectivity index (χ1) is 7.77. The summed E-state index contributed by atoms with van der Waals surface area (Å²) in [5.74, 6) is 0.487. The summed E-state index contributed by atoms with van der Waals surface area (Å²) < 4.78 is 0. The van der Waals surface area contributed by atoms with Gasteiger partial charge in [-0.15, -0.1) is 0 Å². The average Bonchev–Trinajstić information content (AvgIpc) is 3.14. The molecule has 88 valence electrons. The van der Waals surface area contributed by atoms with Gasteiger partial charge in [-0.25, -0.2) is 0 Å². The molecule has 0 aliphatic heterocycles. The van der Waals surface area contributed by atoms with Crippen LogP contribution >= 0.6 is 0 Å². The summed E-state index contributed by atoms with van der Waals surface area (Å²) in [5, 5.41) is 22.6. The summed E-state index contributed by atoms with van der Waals surface area (Å²) in [4.78, 5) is 0. The molecule has 0 amide bonds. The zero-order chi connectivity index (χ0) is 11.4. The molecule has 2 unspecified atom stereocenters. The molecule has 3 nitrogen and oxygen atoms in total. The molecule has 3 N–H and O–H groups in total. The van der Waals surface area contributed by atoms with Gasteiger partial charge in [0, 0.05) is 13.1 Å². The molecule has 0 aromatic heterocycles. The van der Waals surface area contributed by atoms with Crippen molar-refractivity contribution in [3.8, 4) is 0 Å². The van der Waals surface area contributed by atoms with E-state index in [0.29, 0.717) is 19.0 Å². The Morgan fingerprint density at radius 1 is 1.12 bits per heavy atom. The van der Waals surface area contributed by atoms with Gasteiger partial charge in [0.2, 0.25) is 0 Å². The Morgan fingerprint density at radius 2 is 1.81 bits per heavy atom. The fourth-order valence-corrected chi connectivity index (χ4v) is 1.81. The molecule has 2 rings (SSSR count). The highest BCUT2D eigenvalue weighted by Gasteiger charge is 2.29. The zero-order valence-electron chi connectivity index (χ0n) is 9.34. The highest BCUT2D eigenvalue weighted by molar-refractivity contribution is 5.17. The third-order valence-corrected chi connectivity index (χ3v) is 3.04. The molecule has 2 atom stereocenters. The van der Waals surface area contributed by atoms with Crippen molar-refractivity contribution < 1.29 is 10.2 Å². The molecule has 0 bridgehead atoms. The fourth-order valence-electron chi connectivity index (χ4n) is 1.81. The Balaban J connectivity index is 1.69. The smallest absolute Gasteiger partial charge is 0.0914 e. The third kappa shape index (κ3) is 3.30. The largest absolute Gasteiger partial charge is 0.392 e. The molecular formula is C13H19NO2. The molecule has 1 aliphatic carbocycles. The van der Waals surface area contributed by atoms with Crippen LogP contribution in [0.2, 0.25) is 0 Å². The lowest BCUT2D eigenvalue weighted by Crippen LogP contribution is -2.31. The van der Waals surface area contributed by atoms with Gasteiger partial charge in [-0.1, -0.05) is 30.3 Å². The summed E-state index contributed by atoms with van der Waals surface area (Å²) in [6, 6.07) is 9.57. The predicted octanol–water partition coefficient (Wildman–Crippen LogP) is 1.08. The van der Waals surface area contributed by atoms with E-state index < -0.39 is 6.10 Å². The first-order valence-corrected chi connectivity index (χ1v) is 5.89.